The lowest BCUT2D eigenvalue weighted by Crippen LogP contribution is -2.44. The summed E-state index contributed by atoms with van der Waals surface area (Å²) < 4.78 is 18.1. The predicted molar refractivity (Wildman–Crippen MR) is 70.0 cm³/mol. The second-order valence-electron chi connectivity index (χ2n) is 4.82. The molecule has 0 aromatic heterocycles. The molecule has 1 aromatic rings. The van der Waals surface area contributed by atoms with Crippen molar-refractivity contribution in [3.8, 4) is 0 Å². The first-order chi connectivity index (χ1) is 8.74. The van der Waals surface area contributed by atoms with Crippen LogP contribution in [0.1, 0.15) is 12.5 Å². The third-order valence-corrected chi connectivity index (χ3v) is 3.20. The Morgan fingerprint density at radius 3 is 2.61 bits per heavy atom. The molecule has 1 aliphatic rings. The normalized spacial score (nSPS) is 18.8. The van der Waals surface area contributed by atoms with E-state index in [1.807, 2.05) is 12.1 Å². The van der Waals surface area contributed by atoms with Crippen molar-refractivity contribution in [1.29, 1.82) is 0 Å². The van der Waals surface area contributed by atoms with Crippen LogP contribution < -0.4 is 5.32 Å². The van der Waals surface area contributed by atoms with Crippen molar-refractivity contribution >= 4 is 0 Å². The Morgan fingerprint density at radius 1 is 1.28 bits per heavy atom. The maximum Gasteiger partial charge on any atom is 0.123 e. The van der Waals surface area contributed by atoms with Gasteiger partial charge in [0.2, 0.25) is 0 Å². The predicted octanol–water partition coefficient (Wildman–Crippen LogP) is 1.64. The first-order valence-electron chi connectivity index (χ1n) is 6.52. The Hall–Kier alpha value is -0.970. The lowest BCUT2D eigenvalue weighted by molar-refractivity contribution is 0.0343. The molecule has 100 valence electrons. The lowest BCUT2D eigenvalue weighted by Gasteiger charge is -2.29. The minimum Gasteiger partial charge on any atom is -0.379 e. The Bertz CT molecular complexity index is 349. The van der Waals surface area contributed by atoms with Gasteiger partial charge in [-0.05, 0) is 24.6 Å². The maximum atomic E-state index is 12.8. The van der Waals surface area contributed by atoms with E-state index in [-0.39, 0.29) is 5.82 Å². The van der Waals surface area contributed by atoms with Gasteiger partial charge in [0.1, 0.15) is 5.82 Å². The molecule has 1 N–H and O–H groups in total. The SMILES string of the molecule is CC(CN1CCOCC1)NCc1ccc(F)cc1. The molecule has 1 unspecified atom stereocenters. The van der Waals surface area contributed by atoms with E-state index in [4.69, 9.17) is 4.74 Å². The Labute approximate surface area is 108 Å². The van der Waals surface area contributed by atoms with Crippen LogP contribution in [-0.4, -0.2) is 43.8 Å². The number of benzene rings is 1. The second kappa shape index (κ2) is 6.83. The van der Waals surface area contributed by atoms with E-state index in [9.17, 15) is 4.39 Å². The monoisotopic (exact) mass is 252 g/mol. The van der Waals surface area contributed by atoms with E-state index < -0.39 is 0 Å². The van der Waals surface area contributed by atoms with Crippen molar-refractivity contribution in [3.05, 3.63) is 35.6 Å². The molecule has 0 bridgehead atoms. The van der Waals surface area contributed by atoms with Gasteiger partial charge in [0.15, 0.2) is 0 Å². The standard InChI is InChI=1S/C14H21FN2O/c1-12(11-17-6-8-18-9-7-17)16-10-13-2-4-14(15)5-3-13/h2-5,12,16H,6-11H2,1H3. The summed E-state index contributed by atoms with van der Waals surface area (Å²) in [6.07, 6.45) is 0. The van der Waals surface area contributed by atoms with Crippen LogP contribution in [0.2, 0.25) is 0 Å². The molecule has 1 heterocycles. The third-order valence-electron chi connectivity index (χ3n) is 3.20. The zero-order valence-electron chi connectivity index (χ0n) is 10.9. The largest absolute Gasteiger partial charge is 0.379 e. The molecule has 3 nitrogen and oxygen atoms in total. The van der Waals surface area contributed by atoms with E-state index in [2.05, 4.69) is 17.1 Å². The van der Waals surface area contributed by atoms with Crippen LogP contribution in [0.5, 0.6) is 0 Å². The van der Waals surface area contributed by atoms with E-state index in [1.54, 1.807) is 0 Å². The molecule has 4 heteroatoms. The van der Waals surface area contributed by atoms with Crippen molar-refractivity contribution in [3.63, 3.8) is 0 Å². The van der Waals surface area contributed by atoms with E-state index >= 15 is 0 Å². The number of hydrogen-bond donors (Lipinski definition) is 1. The molecule has 1 atom stereocenters. The Kier molecular flexibility index (Phi) is 5.11. The van der Waals surface area contributed by atoms with Crippen LogP contribution >= 0.6 is 0 Å². The fourth-order valence-electron chi connectivity index (χ4n) is 2.13. The summed E-state index contributed by atoms with van der Waals surface area (Å²) in [4.78, 5) is 2.41. The quantitative estimate of drug-likeness (QED) is 0.862. The van der Waals surface area contributed by atoms with E-state index in [1.165, 1.54) is 12.1 Å². The van der Waals surface area contributed by atoms with Crippen LogP contribution in [0, 0.1) is 5.82 Å². The zero-order chi connectivity index (χ0) is 12.8. The van der Waals surface area contributed by atoms with Crippen LogP contribution in [0.3, 0.4) is 0 Å². The number of ether oxygens (including phenoxy) is 1. The summed E-state index contributed by atoms with van der Waals surface area (Å²) in [5.41, 5.74) is 1.12. The summed E-state index contributed by atoms with van der Waals surface area (Å²) in [5.74, 6) is -0.180. The highest BCUT2D eigenvalue weighted by atomic mass is 19.1. The zero-order valence-corrected chi connectivity index (χ0v) is 10.9. The second-order valence-corrected chi connectivity index (χ2v) is 4.82. The Balaban J connectivity index is 1.70. The van der Waals surface area contributed by atoms with Crippen LogP contribution in [0.15, 0.2) is 24.3 Å². The molecule has 2 rings (SSSR count). The molecule has 0 radical (unpaired) electrons. The van der Waals surface area contributed by atoms with Crippen molar-refractivity contribution in [2.24, 2.45) is 0 Å². The molecule has 0 saturated carbocycles. The molecule has 1 saturated heterocycles. The first kappa shape index (κ1) is 13.5. The smallest absolute Gasteiger partial charge is 0.123 e. The number of nitrogens with zero attached hydrogens (tertiary/aromatic N) is 1. The highest BCUT2D eigenvalue weighted by Gasteiger charge is 2.13. The van der Waals surface area contributed by atoms with Gasteiger partial charge in [-0.15, -0.1) is 0 Å². The molecular formula is C14H21FN2O. The van der Waals surface area contributed by atoms with E-state index in [0.717, 1.165) is 45.0 Å². The molecule has 1 fully saturated rings. The maximum absolute atomic E-state index is 12.8. The summed E-state index contributed by atoms with van der Waals surface area (Å²) in [5, 5.41) is 3.46. The minimum atomic E-state index is -0.180. The van der Waals surface area contributed by atoms with Gasteiger partial charge in [-0.2, -0.15) is 0 Å². The van der Waals surface area contributed by atoms with Crippen molar-refractivity contribution < 1.29 is 9.13 Å². The summed E-state index contributed by atoms with van der Waals surface area (Å²) in [7, 11) is 0. The molecule has 0 aliphatic carbocycles. The number of rotatable bonds is 5. The van der Waals surface area contributed by atoms with Gasteiger partial charge in [-0.1, -0.05) is 12.1 Å². The van der Waals surface area contributed by atoms with Gasteiger partial charge in [0, 0.05) is 32.2 Å². The minimum absolute atomic E-state index is 0.180. The van der Waals surface area contributed by atoms with Crippen molar-refractivity contribution in [1.82, 2.24) is 10.2 Å². The summed E-state index contributed by atoms with van der Waals surface area (Å²) in [6.45, 7) is 7.70. The van der Waals surface area contributed by atoms with Crippen LogP contribution in [0.4, 0.5) is 4.39 Å². The number of morpholine rings is 1. The molecule has 1 aliphatic heterocycles. The van der Waals surface area contributed by atoms with Gasteiger partial charge >= 0.3 is 0 Å². The molecule has 1 aromatic carbocycles. The van der Waals surface area contributed by atoms with Gasteiger partial charge in [-0.25, -0.2) is 4.39 Å². The number of nitrogens with one attached hydrogen (secondary N) is 1. The third kappa shape index (κ3) is 4.37. The first-order valence-corrected chi connectivity index (χ1v) is 6.52. The summed E-state index contributed by atoms with van der Waals surface area (Å²) >= 11 is 0. The highest BCUT2D eigenvalue weighted by Crippen LogP contribution is 2.03. The highest BCUT2D eigenvalue weighted by molar-refractivity contribution is 5.15. The van der Waals surface area contributed by atoms with Gasteiger partial charge in [0.25, 0.3) is 0 Å². The van der Waals surface area contributed by atoms with Crippen molar-refractivity contribution in [2.45, 2.75) is 19.5 Å². The van der Waals surface area contributed by atoms with E-state index in [0.29, 0.717) is 6.04 Å². The fourth-order valence-corrected chi connectivity index (χ4v) is 2.13. The molecule has 0 spiro atoms. The summed E-state index contributed by atoms with van der Waals surface area (Å²) in [6, 6.07) is 7.08. The fraction of sp³-hybridized carbons (Fsp3) is 0.571. The average molecular weight is 252 g/mol. The van der Waals surface area contributed by atoms with Gasteiger partial charge in [0.05, 0.1) is 13.2 Å². The molecule has 0 amide bonds. The van der Waals surface area contributed by atoms with Gasteiger partial charge < -0.3 is 10.1 Å². The van der Waals surface area contributed by atoms with Crippen LogP contribution in [0.25, 0.3) is 0 Å². The molecular weight excluding hydrogens is 231 g/mol. The average Bonchev–Trinajstić information content (AvgIpc) is 2.39. The van der Waals surface area contributed by atoms with Crippen molar-refractivity contribution in [2.75, 3.05) is 32.8 Å². The molecule has 18 heavy (non-hydrogen) atoms. The van der Waals surface area contributed by atoms with Crippen LogP contribution in [-0.2, 0) is 11.3 Å². The lowest BCUT2D eigenvalue weighted by atomic mass is 10.2. The number of hydrogen-bond acceptors (Lipinski definition) is 3. The van der Waals surface area contributed by atoms with Gasteiger partial charge in [-0.3, -0.25) is 4.90 Å². The topological polar surface area (TPSA) is 24.5 Å². The Morgan fingerprint density at radius 2 is 1.94 bits per heavy atom. The number of halogens is 1.